The lowest BCUT2D eigenvalue weighted by molar-refractivity contribution is 0.209. The van der Waals surface area contributed by atoms with Crippen LogP contribution in [0.2, 0.25) is 0 Å². The molecular formula is C8H11N3O3. The number of anilines is 2. The summed E-state index contributed by atoms with van der Waals surface area (Å²) in [6.45, 7) is 2.27. The summed E-state index contributed by atoms with van der Waals surface area (Å²) in [5.41, 5.74) is 5.80. The zero-order valence-corrected chi connectivity index (χ0v) is 7.65. The Hall–Kier alpha value is -1.98. The first kappa shape index (κ1) is 10.1. The van der Waals surface area contributed by atoms with Crippen LogP contribution in [0.1, 0.15) is 6.92 Å². The minimum Gasteiger partial charge on any atom is -0.492 e. The monoisotopic (exact) mass is 197 g/mol. The number of nitrogen functional groups attached to an aromatic ring is 1. The molecule has 1 amide bonds. The molecule has 0 radical (unpaired) electrons. The highest BCUT2D eigenvalue weighted by Gasteiger charge is 2.08. The number of nitrogens with one attached hydrogen (secondary N) is 1. The summed E-state index contributed by atoms with van der Waals surface area (Å²) in [6.07, 6.45) is 0.213. The summed E-state index contributed by atoms with van der Waals surface area (Å²) in [4.78, 5) is 14.1. The van der Waals surface area contributed by atoms with E-state index in [0.717, 1.165) is 0 Å². The number of nitrogens with zero attached hydrogens (tertiary/aromatic N) is 1. The Balaban J connectivity index is 2.94. The van der Waals surface area contributed by atoms with Gasteiger partial charge in [-0.3, -0.25) is 5.32 Å². The third-order valence-electron chi connectivity index (χ3n) is 1.48. The second-order valence-electron chi connectivity index (χ2n) is 2.43. The van der Waals surface area contributed by atoms with Crippen molar-refractivity contribution in [3.8, 4) is 5.75 Å². The van der Waals surface area contributed by atoms with E-state index in [4.69, 9.17) is 15.6 Å². The summed E-state index contributed by atoms with van der Waals surface area (Å²) < 4.78 is 5.16. The highest BCUT2D eigenvalue weighted by Crippen LogP contribution is 2.26. The molecule has 1 aromatic rings. The van der Waals surface area contributed by atoms with Crippen molar-refractivity contribution in [2.75, 3.05) is 17.7 Å². The Kier molecular flexibility index (Phi) is 3.11. The van der Waals surface area contributed by atoms with Crippen LogP contribution in [0.25, 0.3) is 0 Å². The summed E-state index contributed by atoms with van der Waals surface area (Å²) in [7, 11) is 0. The molecule has 0 aliphatic carbocycles. The first-order chi connectivity index (χ1) is 6.65. The lowest BCUT2D eigenvalue weighted by Gasteiger charge is -2.09. The van der Waals surface area contributed by atoms with E-state index in [1.165, 1.54) is 6.20 Å². The fourth-order valence-corrected chi connectivity index (χ4v) is 0.938. The fraction of sp³-hybridized carbons (Fsp3) is 0.250. The van der Waals surface area contributed by atoms with Crippen molar-refractivity contribution in [3.05, 3.63) is 12.3 Å². The topological polar surface area (TPSA) is 97.5 Å². The maximum absolute atomic E-state index is 10.3. The first-order valence-electron chi connectivity index (χ1n) is 4.02. The molecule has 1 heterocycles. The molecule has 0 fully saturated rings. The van der Waals surface area contributed by atoms with E-state index in [1.807, 2.05) is 6.92 Å². The van der Waals surface area contributed by atoms with Gasteiger partial charge in [-0.25, -0.2) is 9.78 Å². The van der Waals surface area contributed by atoms with Crippen LogP contribution in [0.3, 0.4) is 0 Å². The average Bonchev–Trinajstić information content (AvgIpc) is 2.11. The first-order valence-corrected chi connectivity index (χ1v) is 4.02. The Morgan fingerprint density at radius 2 is 2.50 bits per heavy atom. The van der Waals surface area contributed by atoms with Crippen LogP contribution in [0, 0.1) is 0 Å². The molecule has 0 atom stereocenters. The number of carbonyl (C=O) groups is 1. The number of carboxylic acid groups (broad SMARTS) is 1. The number of aromatic nitrogens is 1. The predicted molar refractivity (Wildman–Crippen MR) is 51.5 cm³/mol. The minimum absolute atomic E-state index is 0.0865. The van der Waals surface area contributed by atoms with Crippen LogP contribution in [-0.4, -0.2) is 22.8 Å². The van der Waals surface area contributed by atoms with Gasteiger partial charge in [0.15, 0.2) is 5.82 Å². The number of ether oxygens (including phenoxy) is 1. The van der Waals surface area contributed by atoms with Gasteiger partial charge >= 0.3 is 6.09 Å². The summed E-state index contributed by atoms with van der Waals surface area (Å²) in [5.74, 6) is 0.509. The Labute approximate surface area is 80.7 Å². The van der Waals surface area contributed by atoms with Crippen LogP contribution < -0.4 is 15.8 Å². The van der Waals surface area contributed by atoms with Gasteiger partial charge in [-0.15, -0.1) is 0 Å². The normalized spacial score (nSPS) is 9.50. The second kappa shape index (κ2) is 4.31. The second-order valence-corrected chi connectivity index (χ2v) is 2.43. The van der Waals surface area contributed by atoms with Gasteiger partial charge in [0.05, 0.1) is 6.61 Å². The standard InChI is InChI=1S/C8H11N3O3/c1-2-14-5-3-4-10-7(6(5)9)11-8(12)13/h3-4H,2,9H2,1H3,(H,10,11)(H,12,13). The van der Waals surface area contributed by atoms with Crippen LogP contribution in [0.4, 0.5) is 16.3 Å². The molecule has 0 saturated heterocycles. The molecule has 0 saturated carbocycles. The molecule has 1 aromatic heterocycles. The van der Waals surface area contributed by atoms with Gasteiger partial charge in [-0.2, -0.15) is 0 Å². The van der Waals surface area contributed by atoms with E-state index in [2.05, 4.69) is 10.3 Å². The molecule has 0 aliphatic heterocycles. The van der Waals surface area contributed by atoms with Gasteiger partial charge in [-0.05, 0) is 6.92 Å². The molecule has 76 valence electrons. The third kappa shape index (κ3) is 2.25. The quantitative estimate of drug-likeness (QED) is 0.675. The largest absolute Gasteiger partial charge is 0.492 e. The van der Waals surface area contributed by atoms with Crippen molar-refractivity contribution in [3.63, 3.8) is 0 Å². The van der Waals surface area contributed by atoms with Crippen molar-refractivity contribution in [1.82, 2.24) is 4.98 Å². The zero-order chi connectivity index (χ0) is 10.6. The molecule has 0 unspecified atom stereocenters. The molecule has 0 spiro atoms. The van der Waals surface area contributed by atoms with E-state index in [-0.39, 0.29) is 11.5 Å². The number of amides is 1. The molecular weight excluding hydrogens is 186 g/mol. The molecule has 4 N–H and O–H groups in total. The predicted octanol–water partition coefficient (Wildman–Crippen LogP) is 1.15. The fourth-order valence-electron chi connectivity index (χ4n) is 0.938. The SMILES string of the molecule is CCOc1ccnc(NC(=O)O)c1N. The molecule has 6 heteroatoms. The lowest BCUT2D eigenvalue weighted by Crippen LogP contribution is -2.11. The van der Waals surface area contributed by atoms with Gasteiger partial charge in [0.25, 0.3) is 0 Å². The molecule has 14 heavy (non-hydrogen) atoms. The highest BCUT2D eigenvalue weighted by atomic mass is 16.5. The minimum atomic E-state index is -1.21. The Morgan fingerprint density at radius 3 is 3.07 bits per heavy atom. The smallest absolute Gasteiger partial charge is 0.410 e. The molecule has 6 nitrogen and oxygen atoms in total. The van der Waals surface area contributed by atoms with Crippen LogP contribution in [0.5, 0.6) is 5.75 Å². The summed E-state index contributed by atoms with van der Waals surface area (Å²) in [5, 5.41) is 10.5. The van der Waals surface area contributed by atoms with Crippen LogP contribution >= 0.6 is 0 Å². The van der Waals surface area contributed by atoms with Crippen molar-refractivity contribution in [1.29, 1.82) is 0 Å². The third-order valence-corrected chi connectivity index (χ3v) is 1.48. The zero-order valence-electron chi connectivity index (χ0n) is 7.65. The molecule has 0 bridgehead atoms. The Morgan fingerprint density at radius 1 is 1.79 bits per heavy atom. The van der Waals surface area contributed by atoms with E-state index in [1.54, 1.807) is 6.07 Å². The highest BCUT2D eigenvalue weighted by molar-refractivity contribution is 5.87. The van der Waals surface area contributed by atoms with Gasteiger partial charge < -0.3 is 15.6 Å². The number of nitrogens with two attached hydrogens (primary N) is 1. The van der Waals surface area contributed by atoms with Crippen molar-refractivity contribution in [2.45, 2.75) is 6.92 Å². The average molecular weight is 197 g/mol. The summed E-state index contributed by atoms with van der Waals surface area (Å²) >= 11 is 0. The summed E-state index contributed by atoms with van der Waals surface area (Å²) in [6, 6.07) is 1.58. The van der Waals surface area contributed by atoms with E-state index in [9.17, 15) is 4.79 Å². The molecule has 0 aliphatic rings. The van der Waals surface area contributed by atoms with Crippen LogP contribution in [-0.2, 0) is 0 Å². The van der Waals surface area contributed by atoms with Gasteiger partial charge in [0, 0.05) is 12.3 Å². The molecule has 1 rings (SSSR count). The van der Waals surface area contributed by atoms with Crippen molar-refractivity contribution >= 4 is 17.6 Å². The Bertz CT molecular complexity index is 341. The maximum Gasteiger partial charge on any atom is 0.410 e. The van der Waals surface area contributed by atoms with E-state index >= 15 is 0 Å². The van der Waals surface area contributed by atoms with Crippen molar-refractivity contribution < 1.29 is 14.6 Å². The number of rotatable bonds is 3. The lowest BCUT2D eigenvalue weighted by atomic mass is 10.3. The van der Waals surface area contributed by atoms with E-state index in [0.29, 0.717) is 12.4 Å². The number of pyridine rings is 1. The van der Waals surface area contributed by atoms with E-state index < -0.39 is 6.09 Å². The van der Waals surface area contributed by atoms with Crippen LogP contribution in [0.15, 0.2) is 12.3 Å². The van der Waals surface area contributed by atoms with Gasteiger partial charge in [-0.1, -0.05) is 0 Å². The van der Waals surface area contributed by atoms with Gasteiger partial charge in [0.1, 0.15) is 11.4 Å². The maximum atomic E-state index is 10.3. The number of hydrogen-bond acceptors (Lipinski definition) is 4. The van der Waals surface area contributed by atoms with Gasteiger partial charge in [0.2, 0.25) is 0 Å². The number of hydrogen-bond donors (Lipinski definition) is 3. The van der Waals surface area contributed by atoms with Crippen molar-refractivity contribution in [2.24, 2.45) is 0 Å². The molecule has 0 aromatic carbocycles.